The first kappa shape index (κ1) is 19.0. The average Bonchev–Trinajstić information content (AvgIpc) is 2.58. The first-order valence-electron chi connectivity index (χ1n) is 9.43. The molecule has 0 fully saturated rings. The van der Waals surface area contributed by atoms with Gasteiger partial charge in [-0.3, -0.25) is 0 Å². The van der Waals surface area contributed by atoms with E-state index in [4.69, 9.17) is 11.5 Å². The Kier molecular flexibility index (Phi) is 6.82. The molecular weight excluding hydrogens is 292 g/mol. The highest BCUT2D eigenvalue weighted by Gasteiger charge is 2.17. The molecule has 1 unspecified atom stereocenters. The van der Waals surface area contributed by atoms with Crippen LogP contribution in [0.5, 0.6) is 0 Å². The van der Waals surface area contributed by atoms with Gasteiger partial charge in [0, 0.05) is 0 Å². The van der Waals surface area contributed by atoms with Crippen molar-refractivity contribution in [3.05, 3.63) is 59.3 Å². The predicted molar refractivity (Wildman–Crippen MR) is 105 cm³/mol. The quantitative estimate of drug-likeness (QED) is 0.544. The fraction of sp³-hybridized carbons (Fsp3) is 0.545. The molecule has 0 radical (unpaired) electrons. The number of hydrogen-bond donors (Lipinski definition) is 2. The highest BCUT2D eigenvalue weighted by molar-refractivity contribution is 5.49. The molecule has 0 heterocycles. The van der Waals surface area contributed by atoms with Gasteiger partial charge in [0.05, 0.1) is 5.66 Å². The molecule has 0 aromatic rings. The number of allylic oxidation sites excluding steroid dienone is 9. The van der Waals surface area contributed by atoms with Crippen LogP contribution < -0.4 is 11.5 Å². The Labute approximate surface area is 148 Å². The van der Waals surface area contributed by atoms with E-state index in [9.17, 15) is 0 Å². The molecule has 0 bridgehead atoms. The van der Waals surface area contributed by atoms with Crippen molar-refractivity contribution in [1.82, 2.24) is 0 Å². The molecule has 2 heteroatoms. The fourth-order valence-corrected chi connectivity index (χ4v) is 3.34. The van der Waals surface area contributed by atoms with Gasteiger partial charge in [-0.25, -0.2) is 0 Å². The van der Waals surface area contributed by atoms with E-state index in [0.29, 0.717) is 5.92 Å². The van der Waals surface area contributed by atoms with Crippen molar-refractivity contribution < 1.29 is 0 Å². The lowest BCUT2D eigenvalue weighted by Gasteiger charge is -2.23. The molecule has 1 atom stereocenters. The van der Waals surface area contributed by atoms with Crippen molar-refractivity contribution in [2.75, 3.05) is 0 Å². The molecule has 0 saturated carbocycles. The van der Waals surface area contributed by atoms with Crippen LogP contribution in [0.25, 0.3) is 0 Å². The maximum absolute atomic E-state index is 6.12. The Balaban J connectivity index is 2.12. The van der Waals surface area contributed by atoms with Gasteiger partial charge >= 0.3 is 0 Å². The maximum Gasteiger partial charge on any atom is 0.0637 e. The lowest BCUT2D eigenvalue weighted by molar-refractivity contribution is 0.392. The Morgan fingerprint density at radius 2 is 2.08 bits per heavy atom. The summed E-state index contributed by atoms with van der Waals surface area (Å²) < 4.78 is 0. The maximum atomic E-state index is 6.12. The van der Waals surface area contributed by atoms with Gasteiger partial charge in [0.25, 0.3) is 0 Å². The van der Waals surface area contributed by atoms with Crippen LogP contribution in [-0.2, 0) is 0 Å². The van der Waals surface area contributed by atoms with Gasteiger partial charge < -0.3 is 11.5 Å². The summed E-state index contributed by atoms with van der Waals surface area (Å²) in [5, 5.41) is 0. The van der Waals surface area contributed by atoms with Crippen LogP contribution >= 0.6 is 0 Å². The lowest BCUT2D eigenvalue weighted by atomic mass is 9.86. The Morgan fingerprint density at radius 3 is 2.83 bits per heavy atom. The van der Waals surface area contributed by atoms with Gasteiger partial charge in [-0.05, 0) is 74.0 Å². The minimum absolute atomic E-state index is 0.540. The van der Waals surface area contributed by atoms with E-state index in [1.54, 1.807) is 0 Å². The van der Waals surface area contributed by atoms with Gasteiger partial charge in [0.1, 0.15) is 0 Å². The second kappa shape index (κ2) is 8.64. The number of nitrogens with two attached hydrogens (primary N) is 2. The fourth-order valence-electron chi connectivity index (χ4n) is 3.34. The standard InChI is InChI=1S/C22H34N2/c1-4-22(23,24)15-14-19-8-6-5-7-9-20-16-17(2)10-13-21(20)18(3)11-12-19/h7,9-10,12-13,17H,3-6,8,11,14-16,23-24H2,1-2H3/b9-7-,19-12+. The van der Waals surface area contributed by atoms with Gasteiger partial charge in [-0.15, -0.1) is 0 Å². The summed E-state index contributed by atoms with van der Waals surface area (Å²) in [4.78, 5) is 0. The van der Waals surface area contributed by atoms with E-state index in [0.717, 1.165) is 44.9 Å². The second-order valence-corrected chi connectivity index (χ2v) is 7.53. The van der Waals surface area contributed by atoms with E-state index in [1.165, 1.54) is 28.7 Å². The lowest BCUT2D eigenvalue weighted by Crippen LogP contribution is -2.48. The molecule has 0 saturated heterocycles. The molecule has 2 nitrogen and oxygen atoms in total. The first-order valence-corrected chi connectivity index (χ1v) is 9.43. The van der Waals surface area contributed by atoms with Crippen LogP contribution in [-0.4, -0.2) is 5.66 Å². The largest absolute Gasteiger partial charge is 0.313 e. The van der Waals surface area contributed by atoms with Crippen LogP contribution in [0.3, 0.4) is 0 Å². The highest BCUT2D eigenvalue weighted by atomic mass is 14.9. The Hall–Kier alpha value is -1.38. The highest BCUT2D eigenvalue weighted by Crippen LogP contribution is 2.31. The van der Waals surface area contributed by atoms with Crippen LogP contribution in [0.4, 0.5) is 0 Å². The van der Waals surface area contributed by atoms with Crippen molar-refractivity contribution in [2.24, 2.45) is 17.4 Å². The summed E-state index contributed by atoms with van der Waals surface area (Å²) in [7, 11) is 0. The summed E-state index contributed by atoms with van der Waals surface area (Å²) in [5.41, 5.74) is 17.2. The summed E-state index contributed by atoms with van der Waals surface area (Å²) in [6.45, 7) is 8.69. The normalized spacial score (nSPS) is 26.4. The molecule has 4 N–H and O–H groups in total. The van der Waals surface area contributed by atoms with Gasteiger partial charge in [-0.2, -0.15) is 0 Å². The third-order valence-electron chi connectivity index (χ3n) is 5.25. The molecule has 2 rings (SSSR count). The zero-order chi connectivity index (χ0) is 17.6. The third-order valence-corrected chi connectivity index (χ3v) is 5.25. The predicted octanol–water partition coefficient (Wildman–Crippen LogP) is 5.30. The first-order chi connectivity index (χ1) is 11.4. The van der Waals surface area contributed by atoms with Crippen LogP contribution in [0.2, 0.25) is 0 Å². The van der Waals surface area contributed by atoms with E-state index in [2.05, 4.69) is 50.8 Å². The zero-order valence-electron chi connectivity index (χ0n) is 15.5. The van der Waals surface area contributed by atoms with Crippen LogP contribution in [0.15, 0.2) is 59.3 Å². The third kappa shape index (κ3) is 5.61. The molecule has 24 heavy (non-hydrogen) atoms. The van der Waals surface area contributed by atoms with E-state index < -0.39 is 5.66 Å². The van der Waals surface area contributed by atoms with E-state index in [-0.39, 0.29) is 0 Å². The molecule has 0 aromatic carbocycles. The molecule has 0 aliphatic heterocycles. The molecule has 0 amide bonds. The Bertz CT molecular complexity index is 573. The molecule has 2 aliphatic carbocycles. The minimum Gasteiger partial charge on any atom is -0.313 e. The summed E-state index contributed by atoms with van der Waals surface area (Å²) in [6.07, 6.45) is 19.8. The zero-order valence-corrected chi connectivity index (χ0v) is 15.5. The smallest absolute Gasteiger partial charge is 0.0637 e. The van der Waals surface area contributed by atoms with E-state index >= 15 is 0 Å². The van der Waals surface area contributed by atoms with Crippen LogP contribution in [0, 0.1) is 5.92 Å². The van der Waals surface area contributed by atoms with E-state index in [1.807, 2.05) is 0 Å². The van der Waals surface area contributed by atoms with Crippen molar-refractivity contribution in [1.29, 1.82) is 0 Å². The average molecular weight is 327 g/mol. The summed E-state index contributed by atoms with van der Waals surface area (Å²) in [6, 6.07) is 0. The topological polar surface area (TPSA) is 52.0 Å². The van der Waals surface area contributed by atoms with Crippen molar-refractivity contribution >= 4 is 0 Å². The molecule has 0 spiro atoms. The molecule has 0 aromatic heterocycles. The van der Waals surface area contributed by atoms with Crippen molar-refractivity contribution in [3.63, 3.8) is 0 Å². The van der Waals surface area contributed by atoms with Crippen molar-refractivity contribution in [2.45, 2.75) is 70.9 Å². The van der Waals surface area contributed by atoms with Crippen LogP contribution in [0.1, 0.15) is 65.2 Å². The van der Waals surface area contributed by atoms with Gasteiger partial charge in [0.15, 0.2) is 0 Å². The van der Waals surface area contributed by atoms with Crippen molar-refractivity contribution in [3.8, 4) is 0 Å². The second-order valence-electron chi connectivity index (χ2n) is 7.53. The van der Waals surface area contributed by atoms with Gasteiger partial charge in [0.2, 0.25) is 0 Å². The SMILES string of the molecule is C=C1C/C=C(/CCC(N)(N)CC)CCC/C=C\C2=C1C=CC(C)C2. The Morgan fingerprint density at radius 1 is 1.29 bits per heavy atom. The number of rotatable bonds is 4. The summed E-state index contributed by atoms with van der Waals surface area (Å²) >= 11 is 0. The molecular formula is C22H34N2. The molecule has 132 valence electrons. The molecule has 2 aliphatic rings. The summed E-state index contributed by atoms with van der Waals surface area (Å²) in [5.74, 6) is 0.619. The minimum atomic E-state index is -0.540. The monoisotopic (exact) mass is 326 g/mol. The van der Waals surface area contributed by atoms with Gasteiger partial charge in [-0.1, -0.05) is 56.4 Å². The number of hydrogen-bond acceptors (Lipinski definition) is 2.